The lowest BCUT2D eigenvalue weighted by atomic mass is 10.1. The van der Waals surface area contributed by atoms with E-state index in [1.165, 1.54) is 10.8 Å². The van der Waals surface area contributed by atoms with E-state index in [0.717, 1.165) is 53.2 Å². The van der Waals surface area contributed by atoms with Crippen molar-refractivity contribution in [2.24, 2.45) is 0 Å². The van der Waals surface area contributed by atoms with Gasteiger partial charge in [0.2, 0.25) is 0 Å². The average Bonchev–Trinajstić information content (AvgIpc) is 3.91. The summed E-state index contributed by atoms with van der Waals surface area (Å²) in [6.07, 6.45) is 0. The van der Waals surface area contributed by atoms with Gasteiger partial charge in [-0.3, -0.25) is 0 Å². The van der Waals surface area contributed by atoms with Crippen molar-refractivity contribution < 1.29 is 11.3 Å². The van der Waals surface area contributed by atoms with E-state index in [9.17, 15) is 0 Å². The number of nitrogens with zero attached hydrogens (tertiary/aromatic N) is 4. The van der Waals surface area contributed by atoms with Crippen LogP contribution in [0.5, 0.6) is 0 Å². The second-order valence-electron chi connectivity index (χ2n) is 12.5. The monoisotopic (exact) mass is 675 g/mol. The Balaban J connectivity index is 1.09. The van der Waals surface area contributed by atoms with Crippen LogP contribution in [-0.4, -0.2) is 19.5 Å². The molecule has 0 aliphatic carbocycles. The Kier molecular flexibility index (Phi) is 5.08. The Bertz CT molecular complexity index is 3380. The summed E-state index contributed by atoms with van der Waals surface area (Å²) < 4.78 is 53.4. The molecule has 0 spiro atoms. The normalized spacial score (nSPS) is 13.3. The standard InChI is InChI=1S/C45H26N4OS/c1-2-10-27(11-3-1)43-46-44(28-19-23-42-36(24-28)34-14-6-9-17-41(34)51-42)48-45(47-43)29-18-21-33-35-26-30(20-22-39(35)50-40(33)25-29)49-37-15-7-4-12-31(37)32-13-5-8-16-38(32)49/h1-26H/i1D,2D,3D,10D,11D. The van der Waals surface area contributed by atoms with Crippen LogP contribution in [-0.2, 0) is 0 Å². The highest BCUT2D eigenvalue weighted by molar-refractivity contribution is 7.25. The maximum atomic E-state index is 8.74. The van der Waals surface area contributed by atoms with Gasteiger partial charge < -0.3 is 8.98 Å². The van der Waals surface area contributed by atoms with Gasteiger partial charge in [-0.2, -0.15) is 0 Å². The van der Waals surface area contributed by atoms with E-state index >= 15 is 0 Å². The highest BCUT2D eigenvalue weighted by Gasteiger charge is 2.17. The maximum Gasteiger partial charge on any atom is 0.164 e. The van der Waals surface area contributed by atoms with E-state index in [1.54, 1.807) is 11.3 Å². The van der Waals surface area contributed by atoms with Gasteiger partial charge in [0.15, 0.2) is 17.5 Å². The van der Waals surface area contributed by atoms with Crippen LogP contribution < -0.4 is 0 Å². The van der Waals surface area contributed by atoms with Crippen LogP contribution in [0, 0.1) is 0 Å². The third-order valence-electron chi connectivity index (χ3n) is 9.55. The molecular formula is C45H26N4OS. The number of hydrogen-bond acceptors (Lipinski definition) is 5. The minimum atomic E-state index is -0.482. The molecule has 238 valence electrons. The van der Waals surface area contributed by atoms with Gasteiger partial charge in [-0.15, -0.1) is 11.3 Å². The first kappa shape index (κ1) is 23.7. The molecule has 0 aliphatic heterocycles. The molecular weight excluding hydrogens is 645 g/mol. The minimum Gasteiger partial charge on any atom is -0.456 e. The number of fused-ring (bicyclic) bond motifs is 9. The number of rotatable bonds is 4. The van der Waals surface area contributed by atoms with E-state index in [1.807, 2.05) is 54.6 Å². The quantitative estimate of drug-likeness (QED) is 0.186. The van der Waals surface area contributed by atoms with Crippen molar-refractivity contribution in [3.8, 4) is 39.9 Å². The van der Waals surface area contributed by atoms with Gasteiger partial charge in [0.25, 0.3) is 0 Å². The fourth-order valence-corrected chi connectivity index (χ4v) is 8.30. The summed E-state index contributed by atoms with van der Waals surface area (Å²) in [7, 11) is 0. The molecule has 0 bridgehead atoms. The Labute approximate surface area is 302 Å². The first-order chi connectivity index (χ1) is 27.3. The molecule has 6 heteroatoms. The van der Waals surface area contributed by atoms with E-state index in [-0.39, 0.29) is 29.3 Å². The molecule has 0 aliphatic rings. The second kappa shape index (κ2) is 10.9. The number of hydrogen-bond donors (Lipinski definition) is 0. The van der Waals surface area contributed by atoms with Gasteiger partial charge in [0.1, 0.15) is 11.2 Å². The van der Waals surface area contributed by atoms with Crippen LogP contribution in [0.25, 0.3) is 104 Å². The van der Waals surface area contributed by atoms with Crippen LogP contribution in [0.15, 0.2) is 162 Å². The van der Waals surface area contributed by atoms with Crippen molar-refractivity contribution in [2.75, 3.05) is 0 Å². The highest BCUT2D eigenvalue weighted by Crippen LogP contribution is 2.38. The summed E-state index contributed by atoms with van der Waals surface area (Å²) >= 11 is 1.70. The fraction of sp³-hybridized carbons (Fsp3) is 0. The molecule has 11 rings (SSSR count). The average molecular weight is 676 g/mol. The molecule has 4 heterocycles. The number of thiophene rings is 1. The molecule has 0 radical (unpaired) electrons. The molecule has 0 amide bonds. The smallest absolute Gasteiger partial charge is 0.164 e. The van der Waals surface area contributed by atoms with Gasteiger partial charge in [0, 0.05) is 64.1 Å². The van der Waals surface area contributed by atoms with Gasteiger partial charge in [-0.1, -0.05) is 90.9 Å². The van der Waals surface area contributed by atoms with Crippen molar-refractivity contribution in [2.45, 2.75) is 0 Å². The van der Waals surface area contributed by atoms with Gasteiger partial charge in [-0.05, 0) is 66.7 Å². The molecule has 0 saturated carbocycles. The molecule has 0 fully saturated rings. The van der Waals surface area contributed by atoms with Crippen molar-refractivity contribution >= 4 is 75.3 Å². The first-order valence-corrected chi connectivity index (χ1v) is 17.3. The van der Waals surface area contributed by atoms with Crippen LogP contribution in [0.4, 0.5) is 0 Å². The van der Waals surface area contributed by atoms with Crippen molar-refractivity contribution in [3.63, 3.8) is 0 Å². The molecule has 0 unspecified atom stereocenters. The molecule has 5 nitrogen and oxygen atoms in total. The van der Waals surface area contributed by atoms with Gasteiger partial charge in [0.05, 0.1) is 17.9 Å². The molecule has 4 aromatic heterocycles. The van der Waals surface area contributed by atoms with Crippen LogP contribution in [0.1, 0.15) is 6.85 Å². The Morgan fingerprint density at radius 3 is 1.86 bits per heavy atom. The maximum absolute atomic E-state index is 8.74. The third kappa shape index (κ3) is 4.43. The largest absolute Gasteiger partial charge is 0.456 e. The predicted molar refractivity (Wildman–Crippen MR) is 211 cm³/mol. The summed E-state index contributed by atoms with van der Waals surface area (Å²) in [4.78, 5) is 14.5. The predicted octanol–water partition coefficient (Wildman–Crippen LogP) is 12.2. The molecule has 0 N–H and O–H groups in total. The Morgan fingerprint density at radius 1 is 0.471 bits per heavy atom. The fourth-order valence-electron chi connectivity index (χ4n) is 7.22. The lowest BCUT2D eigenvalue weighted by Crippen LogP contribution is -2.00. The first-order valence-electron chi connectivity index (χ1n) is 19.0. The molecule has 0 saturated heterocycles. The minimum absolute atomic E-state index is 0.0159. The number of benzene rings is 7. The summed E-state index contributed by atoms with van der Waals surface area (Å²) in [5.74, 6) is 0.577. The van der Waals surface area contributed by atoms with Crippen LogP contribution in [0.3, 0.4) is 0 Å². The third-order valence-corrected chi connectivity index (χ3v) is 10.7. The Morgan fingerprint density at radius 2 is 1.10 bits per heavy atom. The number of aromatic nitrogens is 4. The van der Waals surface area contributed by atoms with Crippen molar-refractivity contribution in [3.05, 3.63) is 158 Å². The van der Waals surface area contributed by atoms with E-state index in [0.29, 0.717) is 22.5 Å². The Hall–Kier alpha value is -6.63. The lowest BCUT2D eigenvalue weighted by molar-refractivity contribution is 0.669. The summed E-state index contributed by atoms with van der Waals surface area (Å²) in [5, 5.41) is 6.42. The van der Waals surface area contributed by atoms with Crippen molar-refractivity contribution in [1.29, 1.82) is 0 Å². The molecule has 51 heavy (non-hydrogen) atoms. The van der Waals surface area contributed by atoms with Gasteiger partial charge >= 0.3 is 0 Å². The van der Waals surface area contributed by atoms with E-state index in [4.69, 9.17) is 26.2 Å². The van der Waals surface area contributed by atoms with Crippen LogP contribution in [0.2, 0.25) is 0 Å². The van der Waals surface area contributed by atoms with Gasteiger partial charge in [-0.25, -0.2) is 15.0 Å². The SMILES string of the molecule is [2H]c1c([2H])c([2H])c(-c2nc(-c3ccc4c(c3)oc3ccc(-n5c6ccccc6c6ccccc65)cc34)nc(-c3ccc4sc5ccccc5c4c3)n2)c([2H])c1[2H]. The summed E-state index contributed by atoms with van der Waals surface area (Å²) in [6, 6.07) is 40.9. The number of para-hydroxylation sites is 2. The van der Waals surface area contributed by atoms with E-state index < -0.39 is 18.1 Å². The highest BCUT2D eigenvalue weighted by atomic mass is 32.1. The molecule has 0 atom stereocenters. The molecule has 7 aromatic carbocycles. The van der Waals surface area contributed by atoms with Crippen molar-refractivity contribution in [1.82, 2.24) is 19.5 Å². The summed E-state index contributed by atoms with van der Waals surface area (Å²) in [5.41, 5.74) is 5.86. The summed E-state index contributed by atoms with van der Waals surface area (Å²) in [6.45, 7) is 0. The zero-order valence-electron chi connectivity index (χ0n) is 31.7. The van der Waals surface area contributed by atoms with E-state index in [2.05, 4.69) is 77.4 Å². The lowest BCUT2D eigenvalue weighted by Gasteiger charge is -2.09. The topological polar surface area (TPSA) is 56.7 Å². The zero-order valence-corrected chi connectivity index (χ0v) is 27.5. The number of furan rings is 1. The second-order valence-corrected chi connectivity index (χ2v) is 13.6. The molecule has 11 aromatic rings. The van der Waals surface area contributed by atoms with Crippen LogP contribution >= 0.6 is 11.3 Å². The zero-order chi connectivity index (χ0) is 37.8.